The monoisotopic (exact) mass is 1390 g/mol. The van der Waals surface area contributed by atoms with Gasteiger partial charge in [0, 0.05) is 12.8 Å². The Morgan fingerprint density at radius 2 is 0.545 bits per heavy atom. The van der Waals surface area contributed by atoms with Crippen LogP contribution in [0.4, 0.5) is 0 Å². The van der Waals surface area contributed by atoms with Crippen LogP contribution in [0.5, 0.6) is 0 Å². The number of ether oxygens (including phenoxy) is 4. The lowest BCUT2D eigenvalue weighted by Gasteiger charge is -2.26. The number of unbranched alkanes of at least 4 members (excludes halogenated alkanes) is 63. The van der Waals surface area contributed by atoms with E-state index in [0.717, 1.165) is 51.4 Å². The van der Waals surface area contributed by atoms with Crippen molar-refractivity contribution in [2.24, 2.45) is 0 Å². The largest absolute Gasteiger partial charge is 0.545 e. The van der Waals surface area contributed by atoms with Gasteiger partial charge in [-0.2, -0.15) is 0 Å². The Morgan fingerprint density at radius 1 is 0.303 bits per heavy atom. The van der Waals surface area contributed by atoms with E-state index in [0.29, 0.717) is 17.4 Å². The second-order valence-electron chi connectivity index (χ2n) is 31.5. The minimum Gasteiger partial charge on any atom is -0.545 e. The first-order valence-electron chi connectivity index (χ1n) is 44.1. The van der Waals surface area contributed by atoms with Crippen molar-refractivity contribution < 1.29 is 42.9 Å². The second kappa shape index (κ2) is 81.2. The molecule has 9 nitrogen and oxygen atoms in total. The number of allylic oxidation sites excluding steroid dienone is 6. The van der Waals surface area contributed by atoms with Crippen molar-refractivity contribution in [3.63, 3.8) is 0 Å². The fourth-order valence-corrected chi connectivity index (χ4v) is 13.7. The Labute approximate surface area is 617 Å². The van der Waals surface area contributed by atoms with Crippen LogP contribution in [0.1, 0.15) is 463 Å². The number of esters is 2. The standard InChI is InChI=1S/C90H171NO8/c1-6-8-10-12-14-16-18-20-22-24-26-28-30-32-34-36-38-40-42-44-46-48-50-52-54-56-58-60-62-64-66-68-70-72-74-76-78-80-87(92)97-84-86(85-98-90(89(94)95)96-83-82-91(3,4)5)99-88(93)81-79-77-75-73-71-69-67-65-63-61-59-57-55-53-51-49-47-45-43-41-39-37-35-33-31-29-27-25-23-21-19-17-15-13-11-9-7-2/h19,21,25,27,31,33,86,90H,6-18,20,22-24,26,28-30,32,34-85H2,1-5H3/b21-19-,27-25-,33-31-. The van der Waals surface area contributed by atoms with Gasteiger partial charge in [0.05, 0.1) is 40.3 Å². The van der Waals surface area contributed by atoms with Crippen LogP contribution in [0.2, 0.25) is 0 Å². The molecule has 0 spiro atoms. The van der Waals surface area contributed by atoms with Gasteiger partial charge in [0.15, 0.2) is 12.4 Å². The number of rotatable bonds is 84. The Morgan fingerprint density at radius 3 is 0.808 bits per heavy atom. The van der Waals surface area contributed by atoms with E-state index in [-0.39, 0.29) is 32.2 Å². The first-order valence-corrected chi connectivity index (χ1v) is 44.1. The van der Waals surface area contributed by atoms with E-state index in [1.807, 2.05) is 21.1 Å². The summed E-state index contributed by atoms with van der Waals surface area (Å²) in [7, 11) is 5.96. The van der Waals surface area contributed by atoms with E-state index in [1.165, 1.54) is 385 Å². The van der Waals surface area contributed by atoms with Crippen LogP contribution in [-0.4, -0.2) is 82.3 Å². The van der Waals surface area contributed by atoms with Crippen LogP contribution in [0.25, 0.3) is 0 Å². The van der Waals surface area contributed by atoms with Gasteiger partial charge in [-0.3, -0.25) is 9.59 Å². The Bertz CT molecular complexity index is 1720. The van der Waals surface area contributed by atoms with E-state index >= 15 is 0 Å². The second-order valence-corrected chi connectivity index (χ2v) is 31.5. The van der Waals surface area contributed by atoms with E-state index in [2.05, 4.69) is 50.3 Å². The van der Waals surface area contributed by atoms with Crippen molar-refractivity contribution in [3.8, 4) is 0 Å². The van der Waals surface area contributed by atoms with Crippen LogP contribution in [0.15, 0.2) is 36.5 Å². The average molecular weight is 1400 g/mol. The molecule has 0 aliphatic carbocycles. The van der Waals surface area contributed by atoms with Gasteiger partial charge in [-0.05, 0) is 51.4 Å². The Kier molecular flexibility index (Phi) is 79.1. The third-order valence-electron chi connectivity index (χ3n) is 20.4. The van der Waals surface area contributed by atoms with Crippen molar-refractivity contribution in [1.82, 2.24) is 0 Å². The van der Waals surface area contributed by atoms with Crippen LogP contribution >= 0.6 is 0 Å². The van der Waals surface area contributed by atoms with Crippen LogP contribution in [0, 0.1) is 0 Å². The molecule has 584 valence electrons. The molecule has 0 saturated carbocycles. The fraction of sp³-hybridized carbons (Fsp3) is 0.900. The molecule has 0 aromatic heterocycles. The highest BCUT2D eigenvalue weighted by atomic mass is 16.7. The summed E-state index contributed by atoms with van der Waals surface area (Å²) in [5, 5.41) is 11.9. The molecule has 0 aliphatic heterocycles. The Balaban J connectivity index is 3.91. The number of likely N-dealkylation sites (N-methyl/N-ethyl adjacent to an activating group) is 1. The highest BCUT2D eigenvalue weighted by Gasteiger charge is 2.22. The van der Waals surface area contributed by atoms with Crippen molar-refractivity contribution in [3.05, 3.63) is 36.5 Å². The quantitative estimate of drug-likeness (QED) is 0.0195. The average Bonchev–Trinajstić information content (AvgIpc) is 2.19. The number of nitrogens with zero attached hydrogens (tertiary/aromatic N) is 1. The molecule has 99 heavy (non-hydrogen) atoms. The summed E-state index contributed by atoms with van der Waals surface area (Å²) in [5.74, 6) is -2.24. The van der Waals surface area contributed by atoms with Gasteiger partial charge in [-0.15, -0.1) is 0 Å². The summed E-state index contributed by atoms with van der Waals surface area (Å²) in [6.07, 6.45) is 103. The molecule has 0 aliphatic rings. The molecule has 0 aromatic carbocycles. The molecule has 9 heteroatoms. The lowest BCUT2D eigenvalue weighted by molar-refractivity contribution is -0.870. The van der Waals surface area contributed by atoms with Crippen molar-refractivity contribution in [2.75, 3.05) is 47.5 Å². The summed E-state index contributed by atoms with van der Waals surface area (Å²) in [6, 6.07) is 0. The van der Waals surface area contributed by atoms with Crippen LogP contribution < -0.4 is 5.11 Å². The normalized spacial score (nSPS) is 12.7. The maximum Gasteiger partial charge on any atom is 0.306 e. The number of quaternary nitrogens is 1. The number of carboxylic acids is 1. The molecule has 0 radical (unpaired) electrons. The van der Waals surface area contributed by atoms with Gasteiger partial charge in [-0.25, -0.2) is 0 Å². The summed E-state index contributed by atoms with van der Waals surface area (Å²) < 4.78 is 22.9. The lowest BCUT2D eigenvalue weighted by atomic mass is 10.0. The molecule has 0 N–H and O–H groups in total. The van der Waals surface area contributed by atoms with E-state index in [1.54, 1.807) is 0 Å². The van der Waals surface area contributed by atoms with Crippen molar-refractivity contribution >= 4 is 17.9 Å². The summed E-state index contributed by atoms with van der Waals surface area (Å²) in [6.45, 7) is 4.83. The molecular formula is C90H171NO8. The van der Waals surface area contributed by atoms with Crippen LogP contribution in [-0.2, 0) is 33.3 Å². The third-order valence-corrected chi connectivity index (χ3v) is 20.4. The number of hydrogen-bond acceptors (Lipinski definition) is 8. The smallest absolute Gasteiger partial charge is 0.306 e. The number of carbonyl (C=O) groups is 3. The fourth-order valence-electron chi connectivity index (χ4n) is 13.7. The molecule has 2 atom stereocenters. The van der Waals surface area contributed by atoms with Gasteiger partial charge >= 0.3 is 11.9 Å². The third kappa shape index (κ3) is 82.7. The lowest BCUT2D eigenvalue weighted by Crippen LogP contribution is -2.44. The zero-order chi connectivity index (χ0) is 71.8. The molecule has 0 amide bonds. The number of hydrogen-bond donors (Lipinski definition) is 0. The predicted molar refractivity (Wildman–Crippen MR) is 426 cm³/mol. The van der Waals surface area contributed by atoms with Crippen molar-refractivity contribution in [1.29, 1.82) is 0 Å². The minimum absolute atomic E-state index is 0.152. The molecule has 0 bridgehead atoms. The zero-order valence-corrected chi connectivity index (χ0v) is 67.2. The number of aliphatic carboxylic acids is 1. The van der Waals surface area contributed by atoms with E-state index in [4.69, 9.17) is 18.9 Å². The van der Waals surface area contributed by atoms with Gasteiger partial charge in [0.2, 0.25) is 0 Å². The highest BCUT2D eigenvalue weighted by molar-refractivity contribution is 5.70. The maximum absolute atomic E-state index is 13.0. The molecule has 0 saturated heterocycles. The summed E-state index contributed by atoms with van der Waals surface area (Å²) >= 11 is 0. The van der Waals surface area contributed by atoms with Gasteiger partial charge < -0.3 is 33.3 Å². The topological polar surface area (TPSA) is 111 Å². The minimum atomic E-state index is -1.62. The SMILES string of the molecule is CCCCCCC/C=C\C/C=C\C/C=C\CCCCCCCCCCCCCCCCCCCCCCCCC(=O)OC(COC(=O)CCCCCCCCCCCCCCCCCCCCCCCCCCCCCCCCCCCCCCC)COC(OCC[N+](C)(C)C)C(=O)[O-]. The number of carbonyl (C=O) groups excluding carboxylic acids is 3. The predicted octanol–water partition coefficient (Wildman–Crippen LogP) is 27.3. The van der Waals surface area contributed by atoms with Gasteiger partial charge in [-0.1, -0.05) is 436 Å². The molecule has 0 rings (SSSR count). The molecule has 0 aromatic rings. The number of carboxylic acid groups (broad SMARTS) is 1. The van der Waals surface area contributed by atoms with Gasteiger partial charge in [0.25, 0.3) is 0 Å². The highest BCUT2D eigenvalue weighted by Crippen LogP contribution is 2.21. The van der Waals surface area contributed by atoms with Crippen molar-refractivity contribution in [2.45, 2.75) is 476 Å². The summed E-state index contributed by atoms with van der Waals surface area (Å²) in [5.41, 5.74) is 0. The van der Waals surface area contributed by atoms with Crippen LogP contribution in [0.3, 0.4) is 0 Å². The van der Waals surface area contributed by atoms with E-state index in [9.17, 15) is 19.5 Å². The Hall–Kier alpha value is -2.49. The molecule has 0 fully saturated rings. The summed E-state index contributed by atoms with van der Waals surface area (Å²) in [4.78, 5) is 37.7. The zero-order valence-electron chi connectivity index (χ0n) is 67.2. The first kappa shape index (κ1) is 96.5. The maximum atomic E-state index is 13.0. The first-order chi connectivity index (χ1) is 48.6. The van der Waals surface area contributed by atoms with Gasteiger partial charge in [0.1, 0.15) is 13.2 Å². The van der Waals surface area contributed by atoms with E-state index < -0.39 is 24.3 Å². The molecule has 2 unspecified atom stereocenters. The molecule has 0 heterocycles. The molecular weight excluding hydrogens is 1220 g/mol.